The molecule has 0 saturated carbocycles. The third kappa shape index (κ3) is 3.05. The predicted molar refractivity (Wildman–Crippen MR) is 81.9 cm³/mol. The molecule has 114 valence electrons. The van der Waals surface area contributed by atoms with Crippen LogP contribution in [0.5, 0.6) is 0 Å². The van der Waals surface area contributed by atoms with Crippen LogP contribution in [-0.2, 0) is 21.1 Å². The molecule has 1 fully saturated rings. The molecule has 0 bridgehead atoms. The van der Waals surface area contributed by atoms with Crippen LogP contribution in [0.25, 0.3) is 0 Å². The molecular formula is C15H20N2O3S. The molecule has 0 spiro atoms. The van der Waals surface area contributed by atoms with E-state index in [1.165, 1.54) is 0 Å². The molecule has 2 aliphatic heterocycles. The minimum absolute atomic E-state index is 0.0441. The van der Waals surface area contributed by atoms with Gasteiger partial charge in [0.2, 0.25) is 5.91 Å². The Morgan fingerprint density at radius 2 is 2.14 bits per heavy atom. The zero-order valence-corrected chi connectivity index (χ0v) is 12.9. The lowest BCUT2D eigenvalue weighted by molar-refractivity contribution is -0.126. The van der Waals surface area contributed by atoms with Crippen molar-refractivity contribution in [3.63, 3.8) is 0 Å². The highest BCUT2D eigenvalue weighted by molar-refractivity contribution is 7.91. The van der Waals surface area contributed by atoms with Crippen molar-refractivity contribution in [1.82, 2.24) is 5.32 Å². The summed E-state index contributed by atoms with van der Waals surface area (Å²) in [5.74, 6) is -0.00510. The molecule has 2 N–H and O–H groups in total. The number of sulfone groups is 1. The van der Waals surface area contributed by atoms with Crippen molar-refractivity contribution >= 4 is 21.4 Å². The zero-order valence-electron chi connectivity index (χ0n) is 12.1. The van der Waals surface area contributed by atoms with Gasteiger partial charge < -0.3 is 10.6 Å². The lowest BCUT2D eigenvalue weighted by Crippen LogP contribution is -2.51. The Morgan fingerprint density at radius 1 is 1.38 bits per heavy atom. The molecule has 3 rings (SSSR count). The van der Waals surface area contributed by atoms with Gasteiger partial charge in [0.25, 0.3) is 0 Å². The predicted octanol–water partition coefficient (Wildman–Crippen LogP) is 0.964. The summed E-state index contributed by atoms with van der Waals surface area (Å²) < 4.78 is 23.2. The fourth-order valence-corrected chi connectivity index (χ4v) is 5.23. The van der Waals surface area contributed by atoms with Crippen LogP contribution >= 0.6 is 0 Å². The molecule has 1 aromatic rings. The van der Waals surface area contributed by atoms with Gasteiger partial charge in [0.1, 0.15) is 0 Å². The van der Waals surface area contributed by atoms with Crippen molar-refractivity contribution < 1.29 is 13.2 Å². The molecule has 0 radical (unpaired) electrons. The Hall–Kier alpha value is -1.56. The molecule has 1 amide bonds. The minimum atomic E-state index is -3.01. The van der Waals surface area contributed by atoms with Gasteiger partial charge in [0, 0.05) is 12.2 Å². The number of hydrogen-bond donors (Lipinski definition) is 2. The smallest absolute Gasteiger partial charge is 0.225 e. The summed E-state index contributed by atoms with van der Waals surface area (Å²) in [6.45, 7) is 2.41. The molecule has 2 unspecified atom stereocenters. The van der Waals surface area contributed by atoms with Gasteiger partial charge in [0.15, 0.2) is 9.84 Å². The summed E-state index contributed by atoms with van der Waals surface area (Å²) in [5.41, 5.74) is 1.59. The Morgan fingerprint density at radius 3 is 2.86 bits per heavy atom. The van der Waals surface area contributed by atoms with Gasteiger partial charge in [0.05, 0.1) is 23.0 Å². The number of hydrogen-bond acceptors (Lipinski definition) is 4. The number of para-hydroxylation sites is 1. The largest absolute Gasteiger partial charge is 0.384 e. The lowest BCUT2D eigenvalue weighted by Gasteiger charge is -2.30. The van der Waals surface area contributed by atoms with E-state index in [0.717, 1.165) is 11.3 Å². The van der Waals surface area contributed by atoms with Crippen LogP contribution in [-0.4, -0.2) is 37.9 Å². The number of benzene rings is 1. The van der Waals surface area contributed by atoms with E-state index in [0.29, 0.717) is 19.4 Å². The van der Waals surface area contributed by atoms with Crippen molar-refractivity contribution in [3.8, 4) is 0 Å². The molecular weight excluding hydrogens is 288 g/mol. The van der Waals surface area contributed by atoms with Gasteiger partial charge in [-0.05, 0) is 31.4 Å². The summed E-state index contributed by atoms with van der Waals surface area (Å²) in [6, 6.07) is 7.96. The van der Waals surface area contributed by atoms with Crippen LogP contribution in [0.2, 0.25) is 0 Å². The minimum Gasteiger partial charge on any atom is -0.384 e. The highest BCUT2D eigenvalue weighted by atomic mass is 32.2. The first-order valence-electron chi connectivity index (χ1n) is 7.21. The topological polar surface area (TPSA) is 75.3 Å². The van der Waals surface area contributed by atoms with Crippen LogP contribution in [0, 0.1) is 5.92 Å². The Kier molecular flexibility index (Phi) is 3.43. The van der Waals surface area contributed by atoms with Crippen LogP contribution in [0.4, 0.5) is 5.69 Å². The number of carbonyl (C=O) groups is 1. The summed E-state index contributed by atoms with van der Waals surface area (Å²) in [4.78, 5) is 12.4. The van der Waals surface area contributed by atoms with E-state index < -0.39 is 15.4 Å². The lowest BCUT2D eigenvalue weighted by atomic mass is 9.92. The Balaban J connectivity index is 1.68. The summed E-state index contributed by atoms with van der Waals surface area (Å²) in [6.07, 6.45) is 1.19. The van der Waals surface area contributed by atoms with Gasteiger partial charge in [-0.3, -0.25) is 4.79 Å². The standard InChI is InChI=1S/C15H20N2O3S/c1-15(6-7-21(19,20)10-15)17-14(18)12-8-11-4-2-3-5-13(11)16-9-12/h2-5,12,16H,6-10H2,1H3,(H,17,18). The van der Waals surface area contributed by atoms with Crippen molar-refractivity contribution in [3.05, 3.63) is 29.8 Å². The van der Waals surface area contributed by atoms with E-state index in [9.17, 15) is 13.2 Å². The van der Waals surface area contributed by atoms with Crippen molar-refractivity contribution in [2.45, 2.75) is 25.3 Å². The van der Waals surface area contributed by atoms with Gasteiger partial charge in [-0.1, -0.05) is 18.2 Å². The molecule has 6 heteroatoms. The normalized spacial score (nSPS) is 30.2. The first kappa shape index (κ1) is 14.4. The highest BCUT2D eigenvalue weighted by Gasteiger charge is 2.40. The highest BCUT2D eigenvalue weighted by Crippen LogP contribution is 2.27. The maximum atomic E-state index is 12.4. The Labute approximate surface area is 125 Å². The van der Waals surface area contributed by atoms with Crippen LogP contribution in [0.3, 0.4) is 0 Å². The fourth-order valence-electron chi connectivity index (χ4n) is 3.14. The number of nitrogens with one attached hydrogen (secondary N) is 2. The first-order chi connectivity index (χ1) is 9.87. The van der Waals surface area contributed by atoms with E-state index >= 15 is 0 Å². The second kappa shape index (κ2) is 5.02. The molecule has 5 nitrogen and oxygen atoms in total. The van der Waals surface area contributed by atoms with Crippen molar-refractivity contribution in [2.75, 3.05) is 23.4 Å². The Bertz CT molecular complexity index is 671. The zero-order chi connectivity index (χ0) is 15.1. The van der Waals surface area contributed by atoms with Gasteiger partial charge in [-0.25, -0.2) is 8.42 Å². The van der Waals surface area contributed by atoms with Gasteiger partial charge >= 0.3 is 0 Å². The molecule has 2 heterocycles. The molecule has 0 aliphatic carbocycles. The summed E-state index contributed by atoms with van der Waals surface area (Å²) in [7, 11) is -3.01. The summed E-state index contributed by atoms with van der Waals surface area (Å²) >= 11 is 0. The summed E-state index contributed by atoms with van der Waals surface area (Å²) in [5, 5.41) is 6.22. The van der Waals surface area contributed by atoms with E-state index in [1.807, 2.05) is 31.2 Å². The molecule has 1 saturated heterocycles. The van der Waals surface area contributed by atoms with Crippen LogP contribution in [0.1, 0.15) is 18.9 Å². The average Bonchev–Trinajstić information content (AvgIpc) is 2.71. The van der Waals surface area contributed by atoms with E-state index in [2.05, 4.69) is 10.6 Å². The third-order valence-corrected chi connectivity index (χ3v) is 6.22. The van der Waals surface area contributed by atoms with Crippen molar-refractivity contribution in [2.24, 2.45) is 5.92 Å². The van der Waals surface area contributed by atoms with Gasteiger partial charge in [-0.2, -0.15) is 0 Å². The molecule has 21 heavy (non-hydrogen) atoms. The van der Waals surface area contributed by atoms with Crippen LogP contribution in [0.15, 0.2) is 24.3 Å². The molecule has 2 aliphatic rings. The second-order valence-electron chi connectivity index (χ2n) is 6.33. The third-order valence-electron chi connectivity index (χ3n) is 4.32. The fraction of sp³-hybridized carbons (Fsp3) is 0.533. The number of amides is 1. The molecule has 2 atom stereocenters. The van der Waals surface area contributed by atoms with E-state index in [-0.39, 0.29) is 23.3 Å². The maximum absolute atomic E-state index is 12.4. The quantitative estimate of drug-likeness (QED) is 0.853. The van der Waals surface area contributed by atoms with E-state index in [1.54, 1.807) is 0 Å². The first-order valence-corrected chi connectivity index (χ1v) is 9.03. The second-order valence-corrected chi connectivity index (χ2v) is 8.52. The van der Waals surface area contributed by atoms with Gasteiger partial charge in [-0.15, -0.1) is 0 Å². The average molecular weight is 308 g/mol. The van der Waals surface area contributed by atoms with Crippen LogP contribution < -0.4 is 10.6 Å². The maximum Gasteiger partial charge on any atom is 0.225 e. The van der Waals surface area contributed by atoms with E-state index in [4.69, 9.17) is 0 Å². The SMILES string of the molecule is CC1(NC(=O)C2CNc3ccccc3C2)CCS(=O)(=O)C1. The number of carbonyl (C=O) groups excluding carboxylic acids is 1. The molecule has 0 aromatic heterocycles. The molecule has 1 aromatic carbocycles. The number of fused-ring (bicyclic) bond motifs is 1. The number of anilines is 1. The number of rotatable bonds is 2. The monoisotopic (exact) mass is 308 g/mol. The van der Waals surface area contributed by atoms with Crippen molar-refractivity contribution in [1.29, 1.82) is 0 Å².